The number of carbonyl (C=O) groups is 1. The van der Waals surface area contributed by atoms with Crippen molar-refractivity contribution in [2.45, 2.75) is 6.42 Å². The van der Waals surface area contributed by atoms with Gasteiger partial charge in [0.05, 0.1) is 17.8 Å². The summed E-state index contributed by atoms with van der Waals surface area (Å²) in [6.45, 7) is 0. The number of phenolic OH excluding ortho intramolecular Hbond substituents is 1. The van der Waals surface area contributed by atoms with Gasteiger partial charge in [-0.3, -0.25) is 4.79 Å². The van der Waals surface area contributed by atoms with Crippen LogP contribution in [0.25, 0.3) is 0 Å². The van der Waals surface area contributed by atoms with Gasteiger partial charge in [0.15, 0.2) is 0 Å². The van der Waals surface area contributed by atoms with E-state index in [2.05, 4.69) is 5.32 Å². The van der Waals surface area contributed by atoms with Crippen LogP contribution in [0.2, 0.25) is 0 Å². The van der Waals surface area contributed by atoms with Crippen molar-refractivity contribution in [3.05, 3.63) is 53.6 Å². The topological polar surface area (TPSA) is 75.3 Å². The van der Waals surface area contributed by atoms with Crippen LogP contribution in [0.1, 0.15) is 5.56 Å². The fourth-order valence-corrected chi connectivity index (χ4v) is 1.69. The van der Waals surface area contributed by atoms with Crippen molar-refractivity contribution >= 4 is 17.3 Å². The van der Waals surface area contributed by atoms with Gasteiger partial charge >= 0.3 is 0 Å². The number of hydrogen-bond donors (Lipinski definition) is 3. The minimum absolute atomic E-state index is 0.0262. The number of benzene rings is 2. The molecular weight excluding hydrogens is 266 g/mol. The maximum absolute atomic E-state index is 13.4. The van der Waals surface area contributed by atoms with Crippen molar-refractivity contribution in [3.8, 4) is 5.75 Å². The standard InChI is InChI=1S/C14H12F2N2O2/c15-9-6-10(16)12(7-11(9)17)18-14(20)5-8-3-1-2-4-13(8)19/h1-4,6-7,19H,5,17H2,(H,18,20). The third kappa shape index (κ3) is 3.03. The summed E-state index contributed by atoms with van der Waals surface area (Å²) >= 11 is 0. The largest absolute Gasteiger partial charge is 0.508 e. The average molecular weight is 278 g/mol. The number of hydrogen-bond acceptors (Lipinski definition) is 3. The highest BCUT2D eigenvalue weighted by molar-refractivity contribution is 5.93. The molecule has 2 rings (SSSR count). The molecule has 0 aliphatic heterocycles. The van der Waals surface area contributed by atoms with Gasteiger partial charge in [-0.05, 0) is 12.1 Å². The van der Waals surface area contributed by atoms with E-state index in [1.165, 1.54) is 6.07 Å². The van der Waals surface area contributed by atoms with E-state index < -0.39 is 17.5 Å². The molecule has 104 valence electrons. The zero-order chi connectivity index (χ0) is 14.7. The number of nitrogen functional groups attached to an aromatic ring is 1. The van der Waals surface area contributed by atoms with Gasteiger partial charge in [-0.1, -0.05) is 18.2 Å². The molecule has 4 nitrogen and oxygen atoms in total. The van der Waals surface area contributed by atoms with Crippen LogP contribution < -0.4 is 11.1 Å². The predicted octanol–water partition coefficient (Wildman–Crippen LogP) is 2.43. The van der Waals surface area contributed by atoms with Crippen LogP contribution in [-0.2, 0) is 11.2 Å². The lowest BCUT2D eigenvalue weighted by atomic mass is 10.1. The van der Waals surface area contributed by atoms with Crippen molar-refractivity contribution in [2.24, 2.45) is 0 Å². The van der Waals surface area contributed by atoms with Crippen molar-refractivity contribution in [2.75, 3.05) is 11.1 Å². The van der Waals surface area contributed by atoms with Gasteiger partial charge in [-0.2, -0.15) is 0 Å². The first-order valence-corrected chi connectivity index (χ1v) is 5.78. The lowest BCUT2D eigenvalue weighted by Crippen LogP contribution is -2.16. The summed E-state index contributed by atoms with van der Waals surface area (Å²) in [5.41, 5.74) is 5.25. The molecule has 0 unspecified atom stereocenters. The third-order valence-electron chi connectivity index (χ3n) is 2.70. The molecular formula is C14H12F2N2O2. The molecule has 0 radical (unpaired) electrons. The number of phenols is 1. The highest BCUT2D eigenvalue weighted by atomic mass is 19.1. The van der Waals surface area contributed by atoms with Crippen LogP contribution in [0.3, 0.4) is 0 Å². The van der Waals surface area contributed by atoms with Crippen LogP contribution >= 0.6 is 0 Å². The van der Waals surface area contributed by atoms with E-state index in [9.17, 15) is 18.7 Å². The van der Waals surface area contributed by atoms with Gasteiger partial charge in [-0.15, -0.1) is 0 Å². The molecule has 0 fully saturated rings. The molecule has 0 atom stereocenters. The first-order valence-electron chi connectivity index (χ1n) is 5.78. The molecule has 0 saturated heterocycles. The lowest BCUT2D eigenvalue weighted by molar-refractivity contribution is -0.115. The number of amides is 1. The number of aromatic hydroxyl groups is 1. The summed E-state index contributed by atoms with van der Waals surface area (Å²) in [6.07, 6.45) is -0.136. The van der Waals surface area contributed by atoms with Crippen LogP contribution in [0.5, 0.6) is 5.75 Å². The molecule has 0 bridgehead atoms. The predicted molar refractivity (Wildman–Crippen MR) is 71.2 cm³/mol. The minimum atomic E-state index is -0.915. The van der Waals surface area contributed by atoms with Crippen molar-refractivity contribution < 1.29 is 18.7 Å². The molecule has 6 heteroatoms. The quantitative estimate of drug-likeness (QED) is 0.755. The summed E-state index contributed by atoms with van der Waals surface area (Å²) in [6, 6.07) is 7.91. The summed E-state index contributed by atoms with van der Waals surface area (Å²) in [4.78, 5) is 11.8. The number of halogens is 2. The zero-order valence-corrected chi connectivity index (χ0v) is 10.4. The summed E-state index contributed by atoms with van der Waals surface area (Å²) in [7, 11) is 0. The second-order valence-electron chi connectivity index (χ2n) is 4.21. The van der Waals surface area contributed by atoms with Crippen LogP contribution in [0, 0.1) is 11.6 Å². The van der Waals surface area contributed by atoms with Crippen LogP contribution in [0.15, 0.2) is 36.4 Å². The Bertz CT molecular complexity index is 660. The number of para-hydroxylation sites is 1. The van der Waals surface area contributed by atoms with Crippen LogP contribution in [0.4, 0.5) is 20.2 Å². The Labute approximate surface area is 113 Å². The molecule has 20 heavy (non-hydrogen) atoms. The van der Waals surface area contributed by atoms with E-state index >= 15 is 0 Å². The molecule has 0 heterocycles. The van der Waals surface area contributed by atoms with Gasteiger partial charge in [-0.25, -0.2) is 8.78 Å². The number of carbonyl (C=O) groups excluding carboxylic acids is 1. The summed E-state index contributed by atoms with van der Waals surface area (Å²) in [5.74, 6) is -2.37. The van der Waals surface area contributed by atoms with E-state index in [1.807, 2.05) is 0 Å². The molecule has 4 N–H and O–H groups in total. The second kappa shape index (κ2) is 5.56. The summed E-state index contributed by atoms with van der Waals surface area (Å²) in [5, 5.41) is 11.8. The summed E-state index contributed by atoms with van der Waals surface area (Å²) < 4.78 is 26.4. The van der Waals surface area contributed by atoms with E-state index in [-0.39, 0.29) is 23.5 Å². The zero-order valence-electron chi connectivity index (χ0n) is 10.4. The highest BCUT2D eigenvalue weighted by Gasteiger charge is 2.12. The number of nitrogens with one attached hydrogen (secondary N) is 1. The molecule has 0 aromatic heterocycles. The van der Waals surface area contributed by atoms with E-state index in [0.717, 1.165) is 6.07 Å². The average Bonchev–Trinajstić information content (AvgIpc) is 2.39. The second-order valence-corrected chi connectivity index (χ2v) is 4.21. The number of nitrogens with two attached hydrogens (primary N) is 1. The Kier molecular flexibility index (Phi) is 3.84. The van der Waals surface area contributed by atoms with Crippen LogP contribution in [-0.4, -0.2) is 11.0 Å². The highest BCUT2D eigenvalue weighted by Crippen LogP contribution is 2.22. The molecule has 0 aliphatic rings. The van der Waals surface area contributed by atoms with E-state index in [0.29, 0.717) is 11.6 Å². The first kappa shape index (κ1) is 13.8. The van der Waals surface area contributed by atoms with Gasteiger partial charge in [0.2, 0.25) is 5.91 Å². The molecule has 0 spiro atoms. The SMILES string of the molecule is Nc1cc(NC(=O)Cc2ccccc2O)c(F)cc1F. The Morgan fingerprint density at radius 3 is 2.60 bits per heavy atom. The smallest absolute Gasteiger partial charge is 0.229 e. The molecule has 2 aromatic carbocycles. The Morgan fingerprint density at radius 2 is 1.90 bits per heavy atom. The Hall–Kier alpha value is -2.63. The van der Waals surface area contributed by atoms with Gasteiger partial charge in [0.1, 0.15) is 17.4 Å². The lowest BCUT2D eigenvalue weighted by Gasteiger charge is -2.08. The number of rotatable bonds is 3. The maximum Gasteiger partial charge on any atom is 0.229 e. The van der Waals surface area contributed by atoms with Gasteiger partial charge in [0.25, 0.3) is 0 Å². The molecule has 1 amide bonds. The van der Waals surface area contributed by atoms with Crippen molar-refractivity contribution in [3.63, 3.8) is 0 Å². The third-order valence-corrected chi connectivity index (χ3v) is 2.70. The van der Waals surface area contributed by atoms with Crippen molar-refractivity contribution in [1.29, 1.82) is 0 Å². The number of anilines is 2. The normalized spacial score (nSPS) is 10.3. The molecule has 2 aromatic rings. The fraction of sp³-hybridized carbons (Fsp3) is 0.0714. The maximum atomic E-state index is 13.4. The van der Waals surface area contributed by atoms with Crippen molar-refractivity contribution in [1.82, 2.24) is 0 Å². The monoisotopic (exact) mass is 278 g/mol. The Balaban J connectivity index is 2.13. The molecule has 0 aliphatic carbocycles. The first-order chi connectivity index (χ1) is 9.47. The van der Waals surface area contributed by atoms with Gasteiger partial charge in [0, 0.05) is 11.6 Å². The Morgan fingerprint density at radius 1 is 1.20 bits per heavy atom. The van der Waals surface area contributed by atoms with Gasteiger partial charge < -0.3 is 16.2 Å². The molecule has 0 saturated carbocycles. The minimum Gasteiger partial charge on any atom is -0.508 e. The fourth-order valence-electron chi connectivity index (χ4n) is 1.69. The van der Waals surface area contributed by atoms with E-state index in [1.54, 1.807) is 18.2 Å². The van der Waals surface area contributed by atoms with E-state index in [4.69, 9.17) is 5.73 Å².